The van der Waals surface area contributed by atoms with Gasteiger partial charge >= 0.3 is 17.9 Å². The van der Waals surface area contributed by atoms with Crippen LogP contribution in [0.2, 0.25) is 0 Å². The number of carbonyl (C=O) groups is 20. The number of nitrogens with two attached hydrogens (primary N) is 4. The second kappa shape index (κ2) is 58.4. The van der Waals surface area contributed by atoms with E-state index in [1.807, 2.05) is 30.3 Å². The number of carboxylic acid groups (broad SMARTS) is 3. The highest BCUT2D eigenvalue weighted by atomic mass is 32.2. The summed E-state index contributed by atoms with van der Waals surface area (Å²) < 4.78 is 5.30. The van der Waals surface area contributed by atoms with Crippen molar-refractivity contribution in [1.29, 1.82) is 0 Å². The number of carbonyl (C=O) groups excluding carboxylic acids is 17. The van der Waals surface area contributed by atoms with Gasteiger partial charge in [0.2, 0.25) is 100 Å². The predicted octanol–water partition coefficient (Wildman–Crippen LogP) is -2.75. The Labute approximate surface area is 869 Å². The summed E-state index contributed by atoms with van der Waals surface area (Å²) in [6.45, 7) is 4.84. The van der Waals surface area contributed by atoms with E-state index in [0.717, 1.165) is 49.1 Å². The highest BCUT2D eigenvalue weighted by Gasteiger charge is 2.44. The van der Waals surface area contributed by atoms with Crippen LogP contribution in [0, 0.1) is 18.8 Å². The smallest absolute Gasteiger partial charge is 0.341 e. The van der Waals surface area contributed by atoms with Crippen LogP contribution in [0.4, 0.5) is 0 Å². The summed E-state index contributed by atoms with van der Waals surface area (Å²) in [5, 5.41) is 97.7. The Morgan fingerprint density at radius 3 is 1.39 bits per heavy atom. The van der Waals surface area contributed by atoms with Crippen molar-refractivity contribution >= 4 is 130 Å². The lowest BCUT2D eigenvalue weighted by Gasteiger charge is -2.33. The molecule has 0 unspecified atom stereocenters. The molecule has 47 heteroatoms. The third kappa shape index (κ3) is 38.1. The number of thioether (sulfide) groups is 1. The number of amides is 17. The molecule has 6 aromatic carbocycles. The zero-order chi connectivity index (χ0) is 110. The molecule has 2 fully saturated rings. The first kappa shape index (κ1) is 120. The molecule has 0 aromatic heterocycles. The molecular weight excluding hydrogens is 1970 g/mol. The monoisotopic (exact) mass is 2100 g/mol. The quantitative estimate of drug-likeness (QED) is 0.0203. The summed E-state index contributed by atoms with van der Waals surface area (Å²) in [6.07, 6.45) is -1.13. The van der Waals surface area contributed by atoms with E-state index in [4.69, 9.17) is 27.7 Å². The Morgan fingerprint density at radius 1 is 0.473 bits per heavy atom. The molecule has 6 aromatic rings. The highest BCUT2D eigenvalue weighted by Crippen LogP contribution is 2.29. The minimum Gasteiger partial charge on any atom is -0.482 e. The zero-order valence-corrected chi connectivity index (χ0v) is 85.0. The Hall–Kier alpha value is -15.3. The fraction of sp³-hybridized carbons (Fsp3) is 0.456. The maximum Gasteiger partial charge on any atom is 0.341 e. The Bertz CT molecular complexity index is 5740. The van der Waals surface area contributed by atoms with Gasteiger partial charge < -0.3 is 138 Å². The van der Waals surface area contributed by atoms with E-state index in [-0.39, 0.29) is 71.8 Å². The van der Waals surface area contributed by atoms with Gasteiger partial charge in [-0.25, -0.2) is 9.59 Å². The van der Waals surface area contributed by atoms with Crippen LogP contribution in [0.15, 0.2) is 152 Å². The van der Waals surface area contributed by atoms with E-state index >= 15 is 28.8 Å². The topological polar surface area (TPSA) is 748 Å². The number of carboxylic acids is 3. The number of likely N-dealkylation sites (N-methyl/N-ethyl adjacent to an activating group) is 1. The number of aliphatic carboxylic acids is 2. The van der Waals surface area contributed by atoms with Crippen molar-refractivity contribution in [1.82, 2.24) is 79.3 Å². The fourth-order valence-electron chi connectivity index (χ4n) is 16.7. The number of rotatable bonds is 32. The molecule has 28 N–H and O–H groups in total. The molecule has 0 radical (unpaired) electrons. The minimum atomic E-state index is -2.27. The largest absolute Gasteiger partial charge is 0.482 e. The summed E-state index contributed by atoms with van der Waals surface area (Å²) in [7, 11) is 1.21. The molecule has 17 amide bonds. The lowest BCUT2D eigenvalue weighted by molar-refractivity contribution is -0.142. The molecular formula is C103H135N19O27S. The molecule has 150 heavy (non-hydrogen) atoms. The maximum atomic E-state index is 15.9. The number of nitrogens with zero attached hydrogens (tertiary/aromatic N) is 1. The van der Waals surface area contributed by atoms with Crippen molar-refractivity contribution in [2.45, 2.75) is 234 Å². The molecule has 1 saturated heterocycles. The number of hydrogen-bond acceptors (Lipinski definition) is 27. The van der Waals surface area contributed by atoms with Gasteiger partial charge in [0.1, 0.15) is 96.4 Å². The SMILES string of the molecule is Cc1cccc(C[C@@H]2NC(=O)[C@H](CC(=O)O)NC(=O)[C@H](Cc3ccc(OCC(=O)O)cc3)NC(=O)[C@H](CCN)NC(=O)CSC[C@@H](C(=O)N[C@@H](CO)C(N)=O)NC(=O)[C@H](CO)NC(=O)[C@H](C(C)(C)O)NC(=O)[C@H](CC3CCCCC3)NC(=O)[C@H](CCN)NC(=O)[C@@H](CC(C)C)NC(=O)[C@H](C)N(C)C(=O)[C@H](Cc3ccc(C(=O)O)cc3)NC(=O)[C@H](Cc3ccc(-c4ccccc4)cc3)NC(=O)[C@H](Cc3ccc(C(N)=O)cc3)NC2=O)c1. The van der Waals surface area contributed by atoms with E-state index < -0.39 is 297 Å². The van der Waals surface area contributed by atoms with Gasteiger partial charge in [0.25, 0.3) is 0 Å². The Kier molecular flexibility index (Phi) is 46.7. The zero-order valence-electron chi connectivity index (χ0n) is 84.2. The second-order valence-corrected chi connectivity index (χ2v) is 39.0. The number of aliphatic hydroxyl groups excluding tert-OH is 2. The first-order chi connectivity index (χ1) is 71.1. The van der Waals surface area contributed by atoms with Crippen LogP contribution in [-0.4, -0.2) is 302 Å². The number of nitrogens with one attached hydrogen (secondary N) is 14. The molecule has 8 rings (SSSR count). The van der Waals surface area contributed by atoms with Gasteiger partial charge in [-0.05, 0) is 154 Å². The average molecular weight is 2100 g/mol. The molecule has 15 atom stereocenters. The van der Waals surface area contributed by atoms with Gasteiger partial charge in [0, 0.05) is 50.5 Å². The standard InChI is InChI=1S/C103H135N19O27S/c1-55(2)41-71-91(135)109-70(38-40-105)90(134)112-75(43-58-16-10-8-11-17-58)97(141)121-85(103(5,6)148)100(144)119-80(51-124)98(142)120-81(99(143)118-79(50-123)87(107)131)53-150-54-82(125)108-69(37-39-104)89(133)111-72(46-62-27-35-68(36-28-62)149-52-84(128)129)93(137)116-77(49-83(126)127)96(140)115-76(48-63-18-14-15-56(3)42-63)94(138)113-73(45-60-23-31-66(32-24-60)86(106)130)92(136)114-74(44-59-21-29-65(30-22-59)64-19-12-9-13-20-64)95(139)117-78(101(145)122(7)57(4)88(132)110-71)47-61-25-33-67(34-26-61)102(146)147/h9,12-15,18-36,42,55,57-58,69-81,85,123-124,148H,8,10-11,16-17,37-41,43-54,104-105H2,1-7H3,(H2,106,130)(H2,107,131)(H,108,125)(H,109,135)(H,110,132)(H,111,133)(H,112,134)(H,113,138)(H,114,136)(H,115,140)(H,116,137)(H,117,139)(H,118,143)(H,119,144)(H,120,142)(H,121,141)(H,126,127)(H,128,129)(H,146,147)/t57-,69-,70-,71+,72-,73-,74-,75-,76-,77-,78-,79-,80-,81-,85+/m0/s1. The van der Waals surface area contributed by atoms with E-state index in [2.05, 4.69) is 74.4 Å². The molecule has 1 saturated carbocycles. The van der Waals surface area contributed by atoms with Gasteiger partial charge in [-0.3, -0.25) is 86.3 Å². The van der Waals surface area contributed by atoms with Gasteiger partial charge in [0.15, 0.2) is 6.61 Å². The number of primary amides is 2. The first-order valence-electron chi connectivity index (χ1n) is 48.9. The van der Waals surface area contributed by atoms with Crippen molar-refractivity contribution < 1.29 is 131 Å². The molecule has 1 aliphatic carbocycles. The van der Waals surface area contributed by atoms with E-state index in [0.29, 0.717) is 41.3 Å². The molecule has 810 valence electrons. The highest BCUT2D eigenvalue weighted by molar-refractivity contribution is 8.00. The van der Waals surface area contributed by atoms with Crippen molar-refractivity contribution in [3.05, 3.63) is 196 Å². The van der Waals surface area contributed by atoms with Crippen LogP contribution in [-0.2, 0) is 118 Å². The number of aliphatic hydroxyl groups is 3. The summed E-state index contributed by atoms with van der Waals surface area (Å²) in [5.74, 6) is -25.7. The minimum absolute atomic E-state index is 0.00986. The lowest BCUT2D eigenvalue weighted by Crippen LogP contribution is -2.65. The summed E-state index contributed by atoms with van der Waals surface area (Å²) >= 11 is 0.580. The molecule has 46 nitrogen and oxygen atoms in total. The van der Waals surface area contributed by atoms with Crippen LogP contribution in [0.25, 0.3) is 11.1 Å². The number of ether oxygens (including phenoxy) is 1. The fourth-order valence-corrected chi connectivity index (χ4v) is 17.6. The number of aromatic carboxylic acids is 1. The normalized spacial score (nSPS) is 22.8. The van der Waals surface area contributed by atoms with Crippen molar-refractivity contribution in [2.75, 3.05) is 51.5 Å². The van der Waals surface area contributed by atoms with E-state index in [1.54, 1.807) is 69.3 Å². The van der Waals surface area contributed by atoms with Crippen LogP contribution in [0.5, 0.6) is 5.75 Å². The molecule has 2 aliphatic rings. The third-order valence-electron chi connectivity index (χ3n) is 25.1. The molecule has 0 spiro atoms. The van der Waals surface area contributed by atoms with Crippen molar-refractivity contribution in [3.63, 3.8) is 0 Å². The number of hydrogen-bond donors (Lipinski definition) is 24. The summed E-state index contributed by atoms with van der Waals surface area (Å²) in [4.78, 5) is 288. The van der Waals surface area contributed by atoms with Gasteiger partial charge in [-0.15, -0.1) is 11.8 Å². The van der Waals surface area contributed by atoms with Crippen molar-refractivity contribution in [3.8, 4) is 16.9 Å². The molecule has 1 heterocycles. The van der Waals surface area contributed by atoms with Crippen molar-refractivity contribution in [2.24, 2.45) is 34.8 Å². The summed E-state index contributed by atoms with van der Waals surface area (Å²) in [6, 6.07) is 11.3. The second-order valence-electron chi connectivity index (χ2n) is 37.9. The Balaban J connectivity index is 1.26. The van der Waals surface area contributed by atoms with Gasteiger partial charge in [-0.1, -0.05) is 167 Å². The maximum absolute atomic E-state index is 15.9. The predicted molar refractivity (Wildman–Crippen MR) is 546 cm³/mol. The van der Waals surface area contributed by atoms with Crippen LogP contribution in [0.3, 0.4) is 0 Å². The van der Waals surface area contributed by atoms with Gasteiger partial charge in [-0.2, -0.15) is 0 Å². The number of aryl methyl sites for hydroxylation is 1. The third-order valence-corrected chi connectivity index (χ3v) is 26.1. The lowest BCUT2D eigenvalue weighted by atomic mass is 9.84. The van der Waals surface area contributed by atoms with Crippen LogP contribution in [0.1, 0.15) is 153 Å². The molecule has 1 aliphatic heterocycles. The average Bonchev–Trinajstić information content (AvgIpc) is 0.831. The van der Waals surface area contributed by atoms with E-state index in [9.17, 15) is 97.8 Å². The van der Waals surface area contributed by atoms with Gasteiger partial charge in [0.05, 0.1) is 36.6 Å². The van der Waals surface area contributed by atoms with E-state index in [1.165, 1.54) is 86.8 Å². The molecule has 0 bridgehead atoms. The van der Waals surface area contributed by atoms with Crippen LogP contribution < -0.4 is 102 Å². The first-order valence-corrected chi connectivity index (χ1v) is 50.1. The number of benzene rings is 6. The Morgan fingerprint density at radius 2 is 0.907 bits per heavy atom. The summed E-state index contributed by atoms with van der Waals surface area (Å²) in [5.41, 5.74) is 24.3. The van der Waals surface area contributed by atoms with Crippen LogP contribution >= 0.6 is 11.8 Å².